The molecule has 7 nitrogen and oxygen atoms in total. The van der Waals surface area contributed by atoms with Gasteiger partial charge < -0.3 is 10.0 Å². The van der Waals surface area contributed by atoms with E-state index in [0.717, 1.165) is 16.9 Å². The number of Topliss-reactive ketones (excluding diaryl/α,β-unsaturated/α-hetero) is 1. The van der Waals surface area contributed by atoms with Crippen LogP contribution in [0.4, 0.5) is 5.69 Å². The molecule has 2 heterocycles. The van der Waals surface area contributed by atoms with Crippen molar-refractivity contribution in [3.8, 4) is 0 Å². The molecule has 156 valence electrons. The van der Waals surface area contributed by atoms with Gasteiger partial charge in [0.25, 0.3) is 0 Å². The van der Waals surface area contributed by atoms with Crippen LogP contribution >= 0.6 is 0 Å². The first-order valence-corrected chi connectivity index (χ1v) is 10.0. The van der Waals surface area contributed by atoms with Gasteiger partial charge in [0.05, 0.1) is 24.9 Å². The first-order valence-electron chi connectivity index (χ1n) is 10.0. The maximum Gasteiger partial charge on any atom is 0.305 e. The third kappa shape index (κ3) is 6.01. The minimum atomic E-state index is -0.912. The third-order valence-electron chi connectivity index (χ3n) is 4.88. The topological polar surface area (TPSA) is 88.3 Å². The Morgan fingerprint density at radius 2 is 1.87 bits per heavy atom. The number of pyridine rings is 1. The first-order chi connectivity index (χ1) is 14.5. The number of carboxylic acid groups (broad SMARTS) is 1. The summed E-state index contributed by atoms with van der Waals surface area (Å²) < 4.78 is 1.75. The van der Waals surface area contributed by atoms with Gasteiger partial charge in [-0.15, -0.1) is 0 Å². The van der Waals surface area contributed by atoms with Gasteiger partial charge in [-0.05, 0) is 36.8 Å². The van der Waals surface area contributed by atoms with Gasteiger partial charge in [0, 0.05) is 43.5 Å². The largest absolute Gasteiger partial charge is 0.481 e. The molecule has 1 N–H and O–H groups in total. The molecular formula is C23H26N4O3. The number of carboxylic acids is 1. The van der Waals surface area contributed by atoms with Gasteiger partial charge >= 0.3 is 5.97 Å². The van der Waals surface area contributed by atoms with Crippen molar-refractivity contribution in [1.82, 2.24) is 14.8 Å². The molecule has 0 bridgehead atoms. The molecule has 30 heavy (non-hydrogen) atoms. The molecule has 0 fully saturated rings. The maximum absolute atomic E-state index is 12.8. The van der Waals surface area contributed by atoms with Crippen molar-refractivity contribution in [3.05, 3.63) is 78.4 Å². The van der Waals surface area contributed by atoms with Crippen LogP contribution < -0.4 is 4.90 Å². The van der Waals surface area contributed by atoms with E-state index in [0.29, 0.717) is 13.1 Å². The molecule has 2 aromatic heterocycles. The number of rotatable bonds is 11. The molecule has 0 aliphatic carbocycles. The summed E-state index contributed by atoms with van der Waals surface area (Å²) in [5, 5.41) is 13.7. The molecule has 3 rings (SSSR count). The molecule has 1 unspecified atom stereocenters. The van der Waals surface area contributed by atoms with Crippen LogP contribution in [0.2, 0.25) is 0 Å². The predicted molar refractivity (Wildman–Crippen MR) is 114 cm³/mol. The van der Waals surface area contributed by atoms with E-state index >= 15 is 0 Å². The zero-order valence-corrected chi connectivity index (χ0v) is 17.0. The summed E-state index contributed by atoms with van der Waals surface area (Å²) in [7, 11) is 0. The molecule has 1 aromatic carbocycles. The average Bonchev–Trinajstić information content (AvgIpc) is 3.16. The summed E-state index contributed by atoms with van der Waals surface area (Å²) in [5.41, 5.74) is 2.62. The summed E-state index contributed by atoms with van der Waals surface area (Å²) in [5.74, 6) is -0.918. The monoisotopic (exact) mass is 406 g/mol. The number of nitrogens with zero attached hydrogens (tertiary/aromatic N) is 4. The fourth-order valence-corrected chi connectivity index (χ4v) is 3.57. The average molecular weight is 406 g/mol. The number of carbonyl (C=O) groups is 2. The lowest BCUT2D eigenvalue weighted by Crippen LogP contribution is -2.38. The van der Waals surface area contributed by atoms with Crippen LogP contribution in [0.5, 0.6) is 0 Å². The Labute approximate surface area is 176 Å². The number of ketones is 1. The SMILES string of the molecule is CCN(c1ccccc1)C(CC(=O)O)CC(=O)Cc1cnn(Cc2ccccn2)c1. The molecule has 0 saturated heterocycles. The zero-order chi connectivity index (χ0) is 21.3. The number of aromatic nitrogens is 3. The van der Waals surface area contributed by atoms with Crippen LogP contribution in [0.15, 0.2) is 67.1 Å². The molecule has 0 spiro atoms. The number of hydrogen-bond donors (Lipinski definition) is 1. The summed E-state index contributed by atoms with van der Waals surface area (Å²) in [6.45, 7) is 3.12. The highest BCUT2D eigenvalue weighted by molar-refractivity contribution is 5.82. The summed E-state index contributed by atoms with van der Waals surface area (Å²) >= 11 is 0. The molecule has 1 atom stereocenters. The molecule has 0 saturated carbocycles. The van der Waals surface area contributed by atoms with Crippen molar-refractivity contribution in [3.63, 3.8) is 0 Å². The van der Waals surface area contributed by atoms with Crippen molar-refractivity contribution >= 4 is 17.4 Å². The van der Waals surface area contributed by atoms with Crippen molar-refractivity contribution in [2.45, 2.75) is 38.8 Å². The van der Waals surface area contributed by atoms with Gasteiger partial charge in [-0.2, -0.15) is 5.10 Å². The second-order valence-corrected chi connectivity index (χ2v) is 7.16. The molecule has 0 amide bonds. The highest BCUT2D eigenvalue weighted by Crippen LogP contribution is 2.21. The van der Waals surface area contributed by atoms with E-state index in [-0.39, 0.29) is 25.0 Å². The van der Waals surface area contributed by atoms with Gasteiger partial charge in [0.2, 0.25) is 0 Å². The van der Waals surface area contributed by atoms with E-state index in [1.807, 2.05) is 66.6 Å². The minimum Gasteiger partial charge on any atom is -0.481 e. The summed E-state index contributed by atoms with van der Waals surface area (Å²) in [4.78, 5) is 30.4. The van der Waals surface area contributed by atoms with Crippen LogP contribution in [0.3, 0.4) is 0 Å². The number of hydrogen-bond acceptors (Lipinski definition) is 5. The lowest BCUT2D eigenvalue weighted by molar-refractivity contribution is -0.137. The quantitative estimate of drug-likeness (QED) is 0.526. The van der Waals surface area contributed by atoms with E-state index in [2.05, 4.69) is 10.1 Å². The lowest BCUT2D eigenvalue weighted by Gasteiger charge is -2.31. The molecular weight excluding hydrogens is 380 g/mol. The number of anilines is 1. The van der Waals surface area contributed by atoms with Crippen molar-refractivity contribution < 1.29 is 14.7 Å². The molecule has 3 aromatic rings. The van der Waals surface area contributed by atoms with Crippen molar-refractivity contribution in [2.75, 3.05) is 11.4 Å². The summed E-state index contributed by atoms with van der Waals surface area (Å²) in [6.07, 6.45) is 5.56. The second kappa shape index (κ2) is 10.3. The zero-order valence-electron chi connectivity index (χ0n) is 17.0. The maximum atomic E-state index is 12.8. The smallest absolute Gasteiger partial charge is 0.305 e. The van der Waals surface area contributed by atoms with Gasteiger partial charge in [-0.25, -0.2) is 0 Å². The second-order valence-electron chi connectivity index (χ2n) is 7.16. The van der Waals surface area contributed by atoms with Crippen LogP contribution in [0, 0.1) is 0 Å². The number of aliphatic carboxylic acids is 1. The Kier molecular flexibility index (Phi) is 7.32. The van der Waals surface area contributed by atoms with Crippen LogP contribution in [-0.4, -0.2) is 44.2 Å². The normalized spacial score (nSPS) is 11.8. The Morgan fingerprint density at radius 3 is 2.53 bits per heavy atom. The van der Waals surface area contributed by atoms with Crippen molar-refractivity contribution in [1.29, 1.82) is 0 Å². The van der Waals surface area contributed by atoms with Crippen LogP contribution in [-0.2, 0) is 22.6 Å². The molecule has 0 aliphatic rings. The third-order valence-corrected chi connectivity index (χ3v) is 4.88. The molecule has 7 heteroatoms. The first kappa shape index (κ1) is 21.2. The number of carbonyl (C=O) groups excluding carboxylic acids is 1. The highest BCUT2D eigenvalue weighted by Gasteiger charge is 2.24. The standard InChI is InChI=1S/C23H26N4O3/c1-2-27(20-9-4-3-5-10-20)21(14-23(29)30)13-22(28)12-18-15-25-26(16-18)17-19-8-6-7-11-24-19/h3-11,15-16,21H,2,12-14,17H2,1H3,(H,29,30). The van der Waals surface area contributed by atoms with Gasteiger partial charge in [-0.3, -0.25) is 19.3 Å². The van der Waals surface area contributed by atoms with E-state index in [4.69, 9.17) is 0 Å². The Balaban J connectivity index is 1.65. The minimum absolute atomic E-state index is 0.00647. The van der Waals surface area contributed by atoms with E-state index < -0.39 is 12.0 Å². The van der Waals surface area contributed by atoms with Gasteiger partial charge in [-0.1, -0.05) is 24.3 Å². The van der Waals surface area contributed by atoms with Crippen molar-refractivity contribution in [2.24, 2.45) is 0 Å². The fourth-order valence-electron chi connectivity index (χ4n) is 3.57. The number of para-hydroxylation sites is 1. The fraction of sp³-hybridized carbons (Fsp3) is 0.304. The van der Waals surface area contributed by atoms with Gasteiger partial charge in [0.15, 0.2) is 0 Å². The van der Waals surface area contributed by atoms with E-state index in [1.165, 1.54) is 0 Å². The Bertz CT molecular complexity index is 957. The molecule has 0 aliphatic heterocycles. The van der Waals surface area contributed by atoms with Crippen LogP contribution in [0.1, 0.15) is 31.0 Å². The highest BCUT2D eigenvalue weighted by atomic mass is 16.4. The van der Waals surface area contributed by atoms with Gasteiger partial charge in [0.1, 0.15) is 5.78 Å². The molecule has 0 radical (unpaired) electrons. The van der Waals surface area contributed by atoms with E-state index in [1.54, 1.807) is 17.1 Å². The Hall–Kier alpha value is -3.48. The Morgan fingerprint density at radius 1 is 1.10 bits per heavy atom. The number of benzene rings is 1. The van der Waals surface area contributed by atoms with Crippen LogP contribution in [0.25, 0.3) is 0 Å². The lowest BCUT2D eigenvalue weighted by atomic mass is 10.0. The van der Waals surface area contributed by atoms with E-state index in [9.17, 15) is 14.7 Å². The summed E-state index contributed by atoms with van der Waals surface area (Å²) in [6, 6.07) is 14.9. The predicted octanol–water partition coefficient (Wildman–Crippen LogP) is 3.20.